The van der Waals surface area contributed by atoms with Crippen LogP contribution in [0.3, 0.4) is 0 Å². The van der Waals surface area contributed by atoms with Gasteiger partial charge in [0.2, 0.25) is 5.91 Å². The van der Waals surface area contributed by atoms with Gasteiger partial charge >= 0.3 is 0 Å². The first kappa shape index (κ1) is 19.2. The number of anilines is 2. The molecule has 7 nitrogen and oxygen atoms in total. The van der Waals surface area contributed by atoms with Crippen LogP contribution in [0.25, 0.3) is 22.3 Å². The van der Waals surface area contributed by atoms with Gasteiger partial charge in [-0.2, -0.15) is 5.10 Å². The lowest BCUT2D eigenvalue weighted by Gasteiger charge is -2.18. The molecule has 0 fully saturated rings. The summed E-state index contributed by atoms with van der Waals surface area (Å²) in [7, 11) is 1.82. The molecule has 0 saturated heterocycles. The van der Waals surface area contributed by atoms with Crippen LogP contribution < -0.4 is 10.6 Å². The smallest absolute Gasteiger partial charge is 0.231 e. The number of benzene rings is 2. The van der Waals surface area contributed by atoms with Crippen LogP contribution in [0.5, 0.6) is 0 Å². The highest BCUT2D eigenvalue weighted by Gasteiger charge is 2.26. The second kappa shape index (κ2) is 7.16. The van der Waals surface area contributed by atoms with Gasteiger partial charge in [0.1, 0.15) is 23.7 Å². The third kappa shape index (κ3) is 3.30. The molecule has 0 atom stereocenters. The molecular formula is C23H21FN6O. The fourth-order valence-electron chi connectivity index (χ4n) is 4.30. The Kier molecular flexibility index (Phi) is 4.43. The molecule has 31 heavy (non-hydrogen) atoms. The van der Waals surface area contributed by atoms with Gasteiger partial charge in [-0.3, -0.25) is 4.79 Å². The lowest BCUT2D eigenvalue weighted by atomic mass is 10.0. The fourth-order valence-corrected chi connectivity index (χ4v) is 4.30. The summed E-state index contributed by atoms with van der Waals surface area (Å²) in [6.07, 6.45) is 2.34. The van der Waals surface area contributed by atoms with Crippen LogP contribution >= 0.6 is 0 Å². The third-order valence-corrected chi connectivity index (χ3v) is 5.66. The Labute approximate surface area is 178 Å². The zero-order chi connectivity index (χ0) is 21.7. The molecule has 0 radical (unpaired) electrons. The monoisotopic (exact) mass is 416 g/mol. The lowest BCUT2D eigenvalue weighted by Crippen LogP contribution is -2.30. The van der Waals surface area contributed by atoms with Crippen molar-refractivity contribution >= 4 is 28.4 Å². The standard InChI is InChI=1S/C23H21FN6O/c1-13-7-14(9-17(24)8-13)10-19(31)30-6-5-15-11-16(3-4-18(15)30)21-20-22(25)26-12-27-23(20)29(2)28-21/h3-4,7-9,11-12H,5-6,10H2,1-2H3,(H2,25,26,27). The van der Waals surface area contributed by atoms with E-state index in [9.17, 15) is 9.18 Å². The first-order valence-corrected chi connectivity index (χ1v) is 10.0. The second-order valence-corrected chi connectivity index (χ2v) is 7.88. The third-order valence-electron chi connectivity index (χ3n) is 5.66. The summed E-state index contributed by atoms with van der Waals surface area (Å²) in [4.78, 5) is 23.1. The lowest BCUT2D eigenvalue weighted by molar-refractivity contribution is -0.117. The summed E-state index contributed by atoms with van der Waals surface area (Å²) in [6.45, 7) is 2.42. The van der Waals surface area contributed by atoms with Crippen molar-refractivity contribution in [1.82, 2.24) is 19.7 Å². The number of rotatable bonds is 3. The number of fused-ring (bicyclic) bond motifs is 2. The Morgan fingerprint density at radius 2 is 2.03 bits per heavy atom. The van der Waals surface area contributed by atoms with Gasteiger partial charge in [0.25, 0.3) is 0 Å². The average molecular weight is 416 g/mol. The quantitative estimate of drug-likeness (QED) is 0.554. The Morgan fingerprint density at radius 1 is 1.19 bits per heavy atom. The van der Waals surface area contributed by atoms with Crippen molar-refractivity contribution in [3.05, 3.63) is 65.2 Å². The number of nitrogen functional groups attached to an aromatic ring is 1. The van der Waals surface area contributed by atoms with Crippen molar-refractivity contribution in [2.75, 3.05) is 17.2 Å². The summed E-state index contributed by atoms with van der Waals surface area (Å²) >= 11 is 0. The van der Waals surface area contributed by atoms with Crippen molar-refractivity contribution in [2.24, 2.45) is 7.05 Å². The molecule has 1 aliphatic heterocycles. The summed E-state index contributed by atoms with van der Waals surface area (Å²) in [5, 5.41) is 5.31. The molecule has 2 N–H and O–H groups in total. The van der Waals surface area contributed by atoms with Crippen molar-refractivity contribution in [1.29, 1.82) is 0 Å². The minimum atomic E-state index is -0.319. The van der Waals surface area contributed by atoms with Crippen molar-refractivity contribution < 1.29 is 9.18 Å². The van der Waals surface area contributed by atoms with Crippen molar-refractivity contribution in [3.63, 3.8) is 0 Å². The van der Waals surface area contributed by atoms with E-state index >= 15 is 0 Å². The van der Waals surface area contributed by atoms with Gasteiger partial charge in [-0.1, -0.05) is 12.1 Å². The SMILES string of the molecule is Cc1cc(F)cc(CC(=O)N2CCc3cc(-c4nn(C)c5ncnc(N)c45)ccc32)c1. The number of hydrogen-bond donors (Lipinski definition) is 1. The maximum Gasteiger partial charge on any atom is 0.231 e. The van der Waals surface area contributed by atoms with E-state index in [0.29, 0.717) is 23.6 Å². The fraction of sp³-hybridized carbons (Fsp3) is 0.217. The van der Waals surface area contributed by atoms with Crippen LogP contribution in [0.1, 0.15) is 16.7 Å². The normalized spacial score (nSPS) is 13.1. The van der Waals surface area contributed by atoms with E-state index < -0.39 is 0 Å². The van der Waals surface area contributed by atoms with Crippen molar-refractivity contribution in [2.45, 2.75) is 19.8 Å². The van der Waals surface area contributed by atoms with Crippen molar-refractivity contribution in [3.8, 4) is 11.3 Å². The molecule has 3 heterocycles. The summed E-state index contributed by atoms with van der Waals surface area (Å²) in [5.74, 6) is 0.0216. The number of amides is 1. The topological polar surface area (TPSA) is 89.9 Å². The Bertz CT molecular complexity index is 1330. The maximum atomic E-state index is 13.7. The van der Waals surface area contributed by atoms with Crippen LogP contribution in [0.15, 0.2) is 42.7 Å². The number of carbonyl (C=O) groups is 1. The van der Waals surface area contributed by atoms with Crippen LogP contribution in [0.4, 0.5) is 15.9 Å². The minimum Gasteiger partial charge on any atom is -0.383 e. The first-order chi connectivity index (χ1) is 14.9. The molecule has 2 aromatic carbocycles. The Morgan fingerprint density at radius 3 is 2.84 bits per heavy atom. The number of aryl methyl sites for hydroxylation is 2. The Balaban J connectivity index is 1.46. The molecule has 0 saturated carbocycles. The highest BCUT2D eigenvalue weighted by atomic mass is 19.1. The first-order valence-electron chi connectivity index (χ1n) is 10.0. The number of nitrogens with zero attached hydrogens (tertiary/aromatic N) is 5. The molecule has 5 rings (SSSR count). The highest BCUT2D eigenvalue weighted by Crippen LogP contribution is 2.35. The van der Waals surface area contributed by atoms with Crippen LogP contribution in [-0.2, 0) is 24.7 Å². The molecule has 0 bridgehead atoms. The molecule has 8 heteroatoms. The van der Waals surface area contributed by atoms with Gasteiger partial charge in [0.05, 0.1) is 11.8 Å². The minimum absolute atomic E-state index is 0.0440. The van der Waals surface area contributed by atoms with Crippen LogP contribution in [-0.4, -0.2) is 32.2 Å². The van der Waals surface area contributed by atoms with Gasteiger partial charge in [-0.05, 0) is 54.3 Å². The highest BCUT2D eigenvalue weighted by molar-refractivity contribution is 6.00. The Hall–Kier alpha value is -3.81. The molecule has 4 aromatic rings. The van der Waals surface area contributed by atoms with E-state index in [1.54, 1.807) is 9.58 Å². The van der Waals surface area contributed by atoms with E-state index in [1.807, 2.05) is 38.2 Å². The molecular weight excluding hydrogens is 395 g/mol. The van der Waals surface area contributed by atoms with E-state index in [2.05, 4.69) is 15.1 Å². The predicted molar refractivity (Wildman–Crippen MR) is 117 cm³/mol. The molecule has 156 valence electrons. The number of carbonyl (C=O) groups excluding carboxylic acids is 1. The molecule has 0 aliphatic carbocycles. The van der Waals surface area contributed by atoms with Gasteiger partial charge in [0.15, 0.2) is 5.65 Å². The van der Waals surface area contributed by atoms with E-state index in [1.165, 1.54) is 18.5 Å². The van der Waals surface area contributed by atoms with E-state index in [0.717, 1.165) is 39.9 Å². The van der Waals surface area contributed by atoms with Gasteiger partial charge in [-0.15, -0.1) is 0 Å². The summed E-state index contributed by atoms with van der Waals surface area (Å²) in [6, 6.07) is 10.6. The van der Waals surface area contributed by atoms with Gasteiger partial charge < -0.3 is 10.6 Å². The predicted octanol–water partition coefficient (Wildman–Crippen LogP) is 3.19. The van der Waals surface area contributed by atoms with Gasteiger partial charge in [-0.25, -0.2) is 19.0 Å². The maximum absolute atomic E-state index is 13.7. The summed E-state index contributed by atoms with van der Waals surface area (Å²) < 4.78 is 15.4. The number of aromatic nitrogens is 4. The molecule has 0 spiro atoms. The zero-order valence-corrected chi connectivity index (χ0v) is 17.3. The van der Waals surface area contributed by atoms with E-state index in [-0.39, 0.29) is 18.1 Å². The average Bonchev–Trinajstić information content (AvgIpc) is 3.29. The van der Waals surface area contributed by atoms with Crippen LogP contribution in [0.2, 0.25) is 0 Å². The number of nitrogens with two attached hydrogens (primary N) is 1. The van der Waals surface area contributed by atoms with Gasteiger partial charge in [0, 0.05) is 24.8 Å². The molecule has 1 aliphatic rings. The summed E-state index contributed by atoms with van der Waals surface area (Å²) in [5.41, 5.74) is 11.8. The largest absolute Gasteiger partial charge is 0.383 e. The van der Waals surface area contributed by atoms with Crippen LogP contribution in [0, 0.1) is 12.7 Å². The van der Waals surface area contributed by atoms with E-state index in [4.69, 9.17) is 5.73 Å². The second-order valence-electron chi connectivity index (χ2n) is 7.88. The zero-order valence-electron chi connectivity index (χ0n) is 17.3. The molecule has 1 amide bonds. The number of hydrogen-bond acceptors (Lipinski definition) is 5. The molecule has 0 unspecified atom stereocenters. The number of halogens is 1. The molecule has 2 aromatic heterocycles.